The third-order valence-electron chi connectivity index (χ3n) is 3.43. The van der Waals surface area contributed by atoms with Gasteiger partial charge in [-0.25, -0.2) is 0 Å². The van der Waals surface area contributed by atoms with E-state index in [1.54, 1.807) is 7.11 Å². The van der Waals surface area contributed by atoms with E-state index in [2.05, 4.69) is 40.3 Å². The zero-order valence-corrected chi connectivity index (χ0v) is 12.1. The lowest BCUT2D eigenvalue weighted by atomic mass is 10.1. The van der Waals surface area contributed by atoms with Crippen LogP contribution in [-0.4, -0.2) is 42.5 Å². The molecule has 19 heavy (non-hydrogen) atoms. The second kappa shape index (κ2) is 6.82. The van der Waals surface area contributed by atoms with Crippen molar-refractivity contribution in [3.05, 3.63) is 17.8 Å². The summed E-state index contributed by atoms with van der Waals surface area (Å²) in [5.74, 6) is 0.954. The van der Waals surface area contributed by atoms with Crippen molar-refractivity contribution in [2.75, 3.05) is 25.1 Å². The highest BCUT2D eigenvalue weighted by atomic mass is 16.5. The normalized spacial score (nSPS) is 20.0. The standard InChI is InChI=1S/C14H24N4O/c1-11(2)15-9-12-6-7-14(17-16-12)18-8-4-5-13(10-18)19-3/h6-7,11,13,15H,4-5,8-10H2,1-3H3. The Morgan fingerprint density at radius 1 is 1.42 bits per heavy atom. The molecule has 1 aliphatic rings. The van der Waals surface area contributed by atoms with Crippen LogP contribution in [0.25, 0.3) is 0 Å². The first-order valence-electron chi connectivity index (χ1n) is 7.02. The largest absolute Gasteiger partial charge is 0.380 e. The van der Waals surface area contributed by atoms with Gasteiger partial charge in [0.2, 0.25) is 0 Å². The Kier molecular flexibility index (Phi) is 5.10. The van der Waals surface area contributed by atoms with E-state index < -0.39 is 0 Å². The van der Waals surface area contributed by atoms with Crippen LogP contribution in [0.4, 0.5) is 5.82 Å². The van der Waals surface area contributed by atoms with Gasteiger partial charge in [-0.3, -0.25) is 0 Å². The molecular weight excluding hydrogens is 240 g/mol. The molecule has 0 aromatic carbocycles. The molecule has 0 bridgehead atoms. The van der Waals surface area contributed by atoms with Gasteiger partial charge in [0.05, 0.1) is 11.8 Å². The van der Waals surface area contributed by atoms with Gasteiger partial charge in [-0.05, 0) is 25.0 Å². The molecule has 1 aromatic heterocycles. The summed E-state index contributed by atoms with van der Waals surface area (Å²) >= 11 is 0. The van der Waals surface area contributed by atoms with E-state index in [1.165, 1.54) is 0 Å². The van der Waals surface area contributed by atoms with Crippen LogP contribution in [-0.2, 0) is 11.3 Å². The van der Waals surface area contributed by atoms with Crippen molar-refractivity contribution < 1.29 is 4.74 Å². The van der Waals surface area contributed by atoms with Gasteiger partial charge in [-0.1, -0.05) is 13.8 Å². The highest BCUT2D eigenvalue weighted by Crippen LogP contribution is 2.18. The molecule has 0 radical (unpaired) electrons. The van der Waals surface area contributed by atoms with E-state index in [4.69, 9.17) is 4.74 Å². The number of rotatable bonds is 5. The fraction of sp³-hybridized carbons (Fsp3) is 0.714. The van der Waals surface area contributed by atoms with Crippen LogP contribution in [0.15, 0.2) is 12.1 Å². The van der Waals surface area contributed by atoms with Crippen molar-refractivity contribution in [2.45, 2.75) is 45.4 Å². The smallest absolute Gasteiger partial charge is 0.151 e. The second-order valence-electron chi connectivity index (χ2n) is 5.36. The summed E-state index contributed by atoms with van der Waals surface area (Å²) in [5, 5.41) is 12.0. The predicted octanol–water partition coefficient (Wildman–Crippen LogP) is 1.59. The Hall–Kier alpha value is -1.20. The summed E-state index contributed by atoms with van der Waals surface area (Å²) in [5.41, 5.74) is 0.984. The Bertz CT molecular complexity index is 380. The van der Waals surface area contributed by atoms with Crippen molar-refractivity contribution in [2.24, 2.45) is 0 Å². The first-order chi connectivity index (χ1) is 9.19. The molecule has 1 atom stereocenters. The van der Waals surface area contributed by atoms with Gasteiger partial charge in [0.25, 0.3) is 0 Å². The van der Waals surface area contributed by atoms with Crippen LogP contribution < -0.4 is 10.2 Å². The van der Waals surface area contributed by atoms with Gasteiger partial charge in [0.15, 0.2) is 5.82 Å². The molecule has 0 amide bonds. The highest BCUT2D eigenvalue weighted by molar-refractivity contribution is 5.38. The van der Waals surface area contributed by atoms with E-state index >= 15 is 0 Å². The molecule has 5 nitrogen and oxygen atoms in total. The summed E-state index contributed by atoms with van der Waals surface area (Å²) in [6.07, 6.45) is 2.60. The monoisotopic (exact) mass is 264 g/mol. The summed E-state index contributed by atoms with van der Waals surface area (Å²) < 4.78 is 5.43. The van der Waals surface area contributed by atoms with E-state index in [1.807, 2.05) is 6.07 Å². The van der Waals surface area contributed by atoms with Crippen molar-refractivity contribution in [3.63, 3.8) is 0 Å². The highest BCUT2D eigenvalue weighted by Gasteiger charge is 2.20. The maximum Gasteiger partial charge on any atom is 0.151 e. The van der Waals surface area contributed by atoms with Crippen molar-refractivity contribution in [3.8, 4) is 0 Å². The molecule has 0 saturated carbocycles. The van der Waals surface area contributed by atoms with Gasteiger partial charge < -0.3 is 15.0 Å². The number of nitrogens with zero attached hydrogens (tertiary/aromatic N) is 3. The first-order valence-corrected chi connectivity index (χ1v) is 7.02. The van der Waals surface area contributed by atoms with Crippen molar-refractivity contribution in [1.29, 1.82) is 0 Å². The predicted molar refractivity (Wildman–Crippen MR) is 76.3 cm³/mol. The molecule has 1 N–H and O–H groups in total. The zero-order valence-electron chi connectivity index (χ0n) is 12.1. The van der Waals surface area contributed by atoms with Gasteiger partial charge in [-0.2, -0.15) is 5.10 Å². The van der Waals surface area contributed by atoms with E-state index in [0.717, 1.165) is 44.0 Å². The molecule has 1 unspecified atom stereocenters. The lowest BCUT2D eigenvalue weighted by molar-refractivity contribution is 0.0891. The third kappa shape index (κ3) is 4.14. The van der Waals surface area contributed by atoms with Gasteiger partial charge >= 0.3 is 0 Å². The van der Waals surface area contributed by atoms with Crippen molar-refractivity contribution in [1.82, 2.24) is 15.5 Å². The molecule has 106 valence electrons. The summed E-state index contributed by atoms with van der Waals surface area (Å²) in [4.78, 5) is 2.25. The number of piperidine rings is 1. The fourth-order valence-electron chi connectivity index (χ4n) is 2.26. The second-order valence-corrected chi connectivity index (χ2v) is 5.36. The molecule has 5 heteroatoms. The average Bonchev–Trinajstić information content (AvgIpc) is 2.45. The summed E-state index contributed by atoms with van der Waals surface area (Å²) in [7, 11) is 1.78. The van der Waals surface area contributed by atoms with Crippen LogP contribution in [0, 0.1) is 0 Å². The minimum absolute atomic E-state index is 0.317. The van der Waals surface area contributed by atoms with E-state index in [0.29, 0.717) is 12.1 Å². The Morgan fingerprint density at radius 3 is 2.89 bits per heavy atom. The first kappa shape index (κ1) is 14.2. The zero-order chi connectivity index (χ0) is 13.7. The molecule has 2 heterocycles. The van der Waals surface area contributed by atoms with Gasteiger partial charge in [0.1, 0.15) is 0 Å². The van der Waals surface area contributed by atoms with Gasteiger partial charge in [0, 0.05) is 32.8 Å². The van der Waals surface area contributed by atoms with Crippen molar-refractivity contribution >= 4 is 5.82 Å². The number of methoxy groups -OCH3 is 1. The van der Waals surface area contributed by atoms with Crippen LogP contribution in [0.2, 0.25) is 0 Å². The molecule has 1 saturated heterocycles. The van der Waals surface area contributed by atoms with Crippen LogP contribution >= 0.6 is 0 Å². The Balaban J connectivity index is 1.93. The minimum atomic E-state index is 0.317. The summed E-state index contributed by atoms with van der Waals surface area (Å²) in [6.45, 7) is 6.97. The third-order valence-corrected chi connectivity index (χ3v) is 3.43. The Labute approximate surface area is 115 Å². The molecular formula is C14H24N4O. The SMILES string of the molecule is COC1CCCN(c2ccc(CNC(C)C)nn2)C1. The van der Waals surface area contributed by atoms with Crippen LogP contribution in [0.3, 0.4) is 0 Å². The topological polar surface area (TPSA) is 50.3 Å². The molecule has 2 rings (SSSR count). The van der Waals surface area contributed by atoms with Gasteiger partial charge in [-0.15, -0.1) is 5.10 Å². The van der Waals surface area contributed by atoms with Crippen LogP contribution in [0.1, 0.15) is 32.4 Å². The Morgan fingerprint density at radius 2 is 2.26 bits per heavy atom. The molecule has 1 fully saturated rings. The lowest BCUT2D eigenvalue weighted by Crippen LogP contribution is -2.39. The fourth-order valence-corrected chi connectivity index (χ4v) is 2.26. The number of nitrogens with one attached hydrogen (secondary N) is 1. The number of anilines is 1. The van der Waals surface area contributed by atoms with E-state index in [9.17, 15) is 0 Å². The number of aromatic nitrogens is 2. The quantitative estimate of drug-likeness (QED) is 0.875. The van der Waals surface area contributed by atoms with Crippen LogP contribution in [0.5, 0.6) is 0 Å². The molecule has 1 aromatic rings. The maximum absolute atomic E-state index is 5.43. The molecule has 1 aliphatic heterocycles. The number of ether oxygens (including phenoxy) is 1. The molecule has 0 aliphatic carbocycles. The molecule has 0 spiro atoms. The lowest BCUT2D eigenvalue weighted by Gasteiger charge is -2.32. The number of hydrogen-bond acceptors (Lipinski definition) is 5. The number of hydrogen-bond donors (Lipinski definition) is 1. The average molecular weight is 264 g/mol. The maximum atomic E-state index is 5.43. The summed E-state index contributed by atoms with van der Waals surface area (Å²) in [6, 6.07) is 4.57. The minimum Gasteiger partial charge on any atom is -0.380 e. The van der Waals surface area contributed by atoms with E-state index in [-0.39, 0.29) is 0 Å².